The van der Waals surface area contributed by atoms with Gasteiger partial charge in [0, 0.05) is 24.0 Å². The van der Waals surface area contributed by atoms with Crippen molar-refractivity contribution in [2.75, 3.05) is 11.9 Å². The average molecular weight is 305 g/mol. The van der Waals surface area contributed by atoms with Gasteiger partial charge >= 0.3 is 12.0 Å². The van der Waals surface area contributed by atoms with Crippen molar-refractivity contribution >= 4 is 29.0 Å². The van der Waals surface area contributed by atoms with Crippen LogP contribution in [0, 0.1) is 6.92 Å². The maximum Gasteiger partial charge on any atom is 0.335 e. The van der Waals surface area contributed by atoms with Crippen LogP contribution in [0.2, 0.25) is 0 Å². The molecule has 1 heterocycles. The van der Waals surface area contributed by atoms with Gasteiger partial charge in [-0.3, -0.25) is 0 Å². The minimum absolute atomic E-state index is 0.130. The molecule has 0 unspecified atom stereocenters. The van der Waals surface area contributed by atoms with E-state index in [-0.39, 0.29) is 11.6 Å². The minimum Gasteiger partial charge on any atom is -0.478 e. The van der Waals surface area contributed by atoms with E-state index >= 15 is 0 Å². The number of aromatic carboxylic acids is 1. The van der Waals surface area contributed by atoms with Gasteiger partial charge in [0.2, 0.25) is 0 Å². The van der Waals surface area contributed by atoms with Crippen LogP contribution in [0.25, 0.3) is 0 Å². The van der Waals surface area contributed by atoms with E-state index in [1.54, 1.807) is 23.5 Å². The molecule has 1 aromatic heterocycles. The van der Waals surface area contributed by atoms with Crippen molar-refractivity contribution in [3.05, 3.63) is 45.9 Å². The number of amides is 2. The van der Waals surface area contributed by atoms with Gasteiger partial charge in [0.15, 0.2) is 0 Å². The Labute approximate surface area is 125 Å². The first-order chi connectivity index (χ1) is 10.0. The number of carbonyl (C=O) groups excluding carboxylic acids is 1. The highest BCUT2D eigenvalue weighted by Gasteiger charge is 2.06. The number of urea groups is 1. The summed E-state index contributed by atoms with van der Waals surface area (Å²) in [5.74, 6) is -1.03. The Morgan fingerprint density at radius 1 is 1.38 bits per heavy atom. The molecule has 21 heavy (non-hydrogen) atoms. The number of hydrogen-bond acceptors (Lipinski definition) is 4. The first-order valence-electron chi connectivity index (χ1n) is 6.34. The molecule has 0 saturated heterocycles. The number of carboxylic acid groups (broad SMARTS) is 1. The summed E-state index contributed by atoms with van der Waals surface area (Å²) in [5, 5.41) is 17.1. The second-order valence-electron chi connectivity index (χ2n) is 4.37. The Bertz CT molecular complexity index is 654. The van der Waals surface area contributed by atoms with Crippen molar-refractivity contribution in [1.82, 2.24) is 10.3 Å². The second kappa shape index (κ2) is 6.85. The highest BCUT2D eigenvalue weighted by atomic mass is 32.1. The SMILES string of the molecule is Cc1nc(CCNC(=O)Nc2cccc(C(=O)O)c2)cs1. The number of rotatable bonds is 5. The Kier molecular flexibility index (Phi) is 4.89. The molecule has 0 atom stereocenters. The van der Waals surface area contributed by atoms with Crippen LogP contribution >= 0.6 is 11.3 Å². The summed E-state index contributed by atoms with van der Waals surface area (Å²) in [5.41, 5.74) is 1.52. The summed E-state index contributed by atoms with van der Waals surface area (Å²) in [6.45, 7) is 2.40. The molecule has 2 rings (SSSR count). The fourth-order valence-electron chi connectivity index (χ4n) is 1.73. The average Bonchev–Trinajstić information content (AvgIpc) is 2.84. The molecule has 0 radical (unpaired) electrons. The molecule has 0 aliphatic rings. The van der Waals surface area contributed by atoms with Crippen molar-refractivity contribution in [3.63, 3.8) is 0 Å². The Hall–Kier alpha value is -2.41. The van der Waals surface area contributed by atoms with Crippen LogP contribution in [0.4, 0.5) is 10.5 Å². The van der Waals surface area contributed by atoms with E-state index in [4.69, 9.17) is 5.11 Å². The van der Waals surface area contributed by atoms with Gasteiger partial charge in [0.05, 0.1) is 16.3 Å². The van der Waals surface area contributed by atoms with Crippen LogP contribution in [0.3, 0.4) is 0 Å². The molecule has 6 nitrogen and oxygen atoms in total. The molecular weight excluding hydrogens is 290 g/mol. The first-order valence-corrected chi connectivity index (χ1v) is 7.22. The quantitative estimate of drug-likeness (QED) is 0.791. The number of aromatic nitrogens is 1. The van der Waals surface area contributed by atoms with Crippen molar-refractivity contribution in [3.8, 4) is 0 Å². The number of nitrogens with zero attached hydrogens (tertiary/aromatic N) is 1. The molecule has 0 aliphatic carbocycles. The Balaban J connectivity index is 1.81. The predicted octanol–water partition coefficient (Wildman–Crippen LogP) is 2.51. The highest BCUT2D eigenvalue weighted by Crippen LogP contribution is 2.10. The van der Waals surface area contributed by atoms with Crippen LogP contribution in [-0.4, -0.2) is 28.6 Å². The Morgan fingerprint density at radius 3 is 2.86 bits per heavy atom. The maximum absolute atomic E-state index is 11.7. The molecule has 7 heteroatoms. The molecule has 2 aromatic rings. The fraction of sp³-hybridized carbons (Fsp3) is 0.214. The highest BCUT2D eigenvalue weighted by molar-refractivity contribution is 7.09. The molecular formula is C14H15N3O3S. The predicted molar refractivity (Wildman–Crippen MR) is 81.0 cm³/mol. The second-order valence-corrected chi connectivity index (χ2v) is 5.44. The van der Waals surface area contributed by atoms with E-state index in [2.05, 4.69) is 15.6 Å². The lowest BCUT2D eigenvalue weighted by atomic mass is 10.2. The van der Waals surface area contributed by atoms with Crippen LogP contribution in [0.1, 0.15) is 21.1 Å². The summed E-state index contributed by atoms with van der Waals surface area (Å²) in [6.07, 6.45) is 0.660. The zero-order valence-electron chi connectivity index (χ0n) is 11.4. The van der Waals surface area contributed by atoms with Crippen molar-refractivity contribution in [2.24, 2.45) is 0 Å². The van der Waals surface area contributed by atoms with E-state index in [0.717, 1.165) is 10.7 Å². The van der Waals surface area contributed by atoms with E-state index in [1.165, 1.54) is 12.1 Å². The molecule has 0 fully saturated rings. The first kappa shape index (κ1) is 15.0. The monoisotopic (exact) mass is 305 g/mol. The number of hydrogen-bond donors (Lipinski definition) is 3. The molecule has 2 amide bonds. The van der Waals surface area contributed by atoms with Crippen molar-refractivity contribution in [2.45, 2.75) is 13.3 Å². The molecule has 1 aromatic carbocycles. The van der Waals surface area contributed by atoms with Gasteiger partial charge in [0.25, 0.3) is 0 Å². The van der Waals surface area contributed by atoms with E-state index in [0.29, 0.717) is 18.7 Å². The van der Waals surface area contributed by atoms with Crippen LogP contribution in [0.15, 0.2) is 29.6 Å². The van der Waals surface area contributed by atoms with E-state index in [1.807, 2.05) is 12.3 Å². The van der Waals surface area contributed by atoms with Gasteiger partial charge in [-0.05, 0) is 25.1 Å². The van der Waals surface area contributed by atoms with Gasteiger partial charge in [-0.15, -0.1) is 11.3 Å². The smallest absolute Gasteiger partial charge is 0.335 e. The molecule has 0 bridgehead atoms. The lowest BCUT2D eigenvalue weighted by molar-refractivity contribution is 0.0697. The minimum atomic E-state index is -1.03. The third kappa shape index (κ3) is 4.57. The third-order valence-electron chi connectivity index (χ3n) is 2.70. The summed E-state index contributed by atoms with van der Waals surface area (Å²) >= 11 is 1.58. The van der Waals surface area contributed by atoms with Gasteiger partial charge in [0.1, 0.15) is 0 Å². The van der Waals surface area contributed by atoms with Gasteiger partial charge < -0.3 is 15.7 Å². The van der Waals surface area contributed by atoms with Gasteiger partial charge in [-0.1, -0.05) is 6.07 Å². The number of thiazole rings is 1. The topological polar surface area (TPSA) is 91.3 Å². The standard InChI is InChI=1S/C14H15N3O3S/c1-9-16-12(8-21-9)5-6-15-14(20)17-11-4-2-3-10(7-11)13(18)19/h2-4,7-8H,5-6H2,1H3,(H,18,19)(H2,15,17,20). The van der Waals surface area contributed by atoms with Crippen LogP contribution < -0.4 is 10.6 Å². The zero-order valence-corrected chi connectivity index (χ0v) is 12.2. The lowest BCUT2D eigenvalue weighted by Gasteiger charge is -2.07. The summed E-state index contributed by atoms with van der Waals surface area (Å²) < 4.78 is 0. The number of carbonyl (C=O) groups is 2. The number of aryl methyl sites for hydroxylation is 1. The Morgan fingerprint density at radius 2 is 2.19 bits per heavy atom. The van der Waals surface area contributed by atoms with E-state index in [9.17, 15) is 9.59 Å². The maximum atomic E-state index is 11.7. The van der Waals surface area contributed by atoms with Crippen LogP contribution in [0.5, 0.6) is 0 Å². The summed E-state index contributed by atoms with van der Waals surface area (Å²) in [7, 11) is 0. The zero-order chi connectivity index (χ0) is 15.2. The largest absolute Gasteiger partial charge is 0.478 e. The number of benzene rings is 1. The lowest BCUT2D eigenvalue weighted by Crippen LogP contribution is -2.30. The van der Waals surface area contributed by atoms with E-state index < -0.39 is 5.97 Å². The van der Waals surface area contributed by atoms with Gasteiger partial charge in [-0.2, -0.15) is 0 Å². The number of carboxylic acids is 1. The summed E-state index contributed by atoms with van der Waals surface area (Å²) in [4.78, 5) is 26.8. The fourth-order valence-corrected chi connectivity index (χ4v) is 2.38. The van der Waals surface area contributed by atoms with Crippen molar-refractivity contribution in [1.29, 1.82) is 0 Å². The molecule has 0 aliphatic heterocycles. The normalized spacial score (nSPS) is 10.1. The molecule has 3 N–H and O–H groups in total. The molecule has 110 valence electrons. The number of nitrogens with one attached hydrogen (secondary N) is 2. The van der Waals surface area contributed by atoms with Crippen LogP contribution in [-0.2, 0) is 6.42 Å². The van der Waals surface area contributed by atoms with Gasteiger partial charge in [-0.25, -0.2) is 14.6 Å². The molecule has 0 spiro atoms. The number of anilines is 1. The van der Waals surface area contributed by atoms with Crippen molar-refractivity contribution < 1.29 is 14.7 Å². The summed E-state index contributed by atoms with van der Waals surface area (Å²) in [6, 6.07) is 5.72. The molecule has 0 saturated carbocycles. The third-order valence-corrected chi connectivity index (χ3v) is 3.52.